The van der Waals surface area contributed by atoms with E-state index in [1.165, 1.54) is 6.07 Å². The molecule has 0 fully saturated rings. The number of carbonyl (C=O) groups is 2. The monoisotopic (exact) mass is 381 g/mol. The molecule has 0 aliphatic carbocycles. The maximum absolute atomic E-state index is 12.2. The average molecular weight is 382 g/mol. The van der Waals surface area contributed by atoms with E-state index in [1.807, 2.05) is 0 Å². The SMILES string of the molecule is CC(C)[C@H](N)C(=O)NCC(=O)Nc1cccc(CCC(F)(F)F)c1.Cl. The van der Waals surface area contributed by atoms with Crippen LogP contribution in [0.15, 0.2) is 24.3 Å². The Morgan fingerprint density at radius 1 is 1.24 bits per heavy atom. The molecule has 142 valence electrons. The molecule has 0 saturated carbocycles. The van der Waals surface area contributed by atoms with Gasteiger partial charge >= 0.3 is 6.18 Å². The van der Waals surface area contributed by atoms with Gasteiger partial charge < -0.3 is 16.4 Å². The van der Waals surface area contributed by atoms with E-state index >= 15 is 0 Å². The third-order valence-corrected chi connectivity index (χ3v) is 3.35. The summed E-state index contributed by atoms with van der Waals surface area (Å²) in [6.45, 7) is 3.32. The van der Waals surface area contributed by atoms with Crippen molar-refractivity contribution in [1.82, 2.24) is 5.32 Å². The number of nitrogens with two attached hydrogens (primary N) is 1. The molecule has 4 N–H and O–H groups in total. The topological polar surface area (TPSA) is 84.2 Å². The lowest BCUT2D eigenvalue weighted by Gasteiger charge is -2.15. The number of alkyl halides is 3. The Morgan fingerprint density at radius 3 is 2.44 bits per heavy atom. The number of anilines is 1. The van der Waals surface area contributed by atoms with Gasteiger partial charge in [0.1, 0.15) is 0 Å². The molecule has 1 aromatic rings. The second kappa shape index (κ2) is 10.2. The van der Waals surface area contributed by atoms with Gasteiger partial charge in [-0.15, -0.1) is 12.4 Å². The van der Waals surface area contributed by atoms with Crippen molar-refractivity contribution in [3.05, 3.63) is 29.8 Å². The number of hydrogen-bond acceptors (Lipinski definition) is 3. The van der Waals surface area contributed by atoms with Crippen LogP contribution in [0, 0.1) is 5.92 Å². The number of amides is 2. The van der Waals surface area contributed by atoms with Crippen LogP contribution in [0.25, 0.3) is 0 Å². The standard InChI is InChI=1S/C16H22F3N3O2.ClH/c1-10(2)14(20)15(24)21-9-13(23)22-12-5-3-4-11(8-12)6-7-16(17,18)19;/h3-5,8,10,14H,6-7,9,20H2,1-2H3,(H,21,24)(H,22,23);1H/t14-;/m0./s1. The van der Waals surface area contributed by atoms with Crippen LogP contribution in [-0.4, -0.2) is 30.6 Å². The highest BCUT2D eigenvalue weighted by molar-refractivity contribution is 5.95. The number of carbonyl (C=O) groups excluding carboxylic acids is 2. The molecule has 1 aromatic carbocycles. The van der Waals surface area contributed by atoms with E-state index in [-0.39, 0.29) is 31.3 Å². The predicted molar refractivity (Wildman–Crippen MR) is 92.5 cm³/mol. The Kier molecular flexibility index (Phi) is 9.51. The molecule has 5 nitrogen and oxygen atoms in total. The number of nitrogens with one attached hydrogen (secondary N) is 2. The minimum atomic E-state index is -4.22. The third kappa shape index (κ3) is 9.31. The largest absolute Gasteiger partial charge is 0.389 e. The highest BCUT2D eigenvalue weighted by atomic mass is 35.5. The zero-order valence-electron chi connectivity index (χ0n) is 14.0. The van der Waals surface area contributed by atoms with Gasteiger partial charge in [0.15, 0.2) is 0 Å². The molecule has 25 heavy (non-hydrogen) atoms. The first kappa shape index (κ1) is 23.2. The third-order valence-electron chi connectivity index (χ3n) is 3.35. The summed E-state index contributed by atoms with van der Waals surface area (Å²) in [5, 5.41) is 4.95. The molecule has 0 radical (unpaired) electrons. The van der Waals surface area contributed by atoms with Crippen LogP contribution >= 0.6 is 12.4 Å². The van der Waals surface area contributed by atoms with Crippen molar-refractivity contribution in [2.24, 2.45) is 11.7 Å². The van der Waals surface area contributed by atoms with E-state index in [9.17, 15) is 22.8 Å². The molecule has 9 heteroatoms. The normalized spacial score (nSPS) is 12.3. The minimum Gasteiger partial charge on any atom is -0.346 e. The fraction of sp³-hybridized carbons (Fsp3) is 0.500. The first-order valence-electron chi connectivity index (χ1n) is 7.57. The van der Waals surface area contributed by atoms with E-state index in [0.29, 0.717) is 11.3 Å². The van der Waals surface area contributed by atoms with Crippen molar-refractivity contribution in [2.75, 3.05) is 11.9 Å². The van der Waals surface area contributed by atoms with E-state index in [1.54, 1.807) is 32.0 Å². The van der Waals surface area contributed by atoms with E-state index in [0.717, 1.165) is 0 Å². The minimum absolute atomic E-state index is 0. The van der Waals surface area contributed by atoms with Crippen LogP contribution in [-0.2, 0) is 16.0 Å². The molecule has 0 aliphatic rings. The zero-order chi connectivity index (χ0) is 18.3. The van der Waals surface area contributed by atoms with Gasteiger partial charge in [0, 0.05) is 12.1 Å². The highest BCUT2D eigenvalue weighted by Crippen LogP contribution is 2.23. The summed E-state index contributed by atoms with van der Waals surface area (Å²) in [6.07, 6.45) is -5.31. The van der Waals surface area contributed by atoms with Crippen LogP contribution in [0.3, 0.4) is 0 Å². The van der Waals surface area contributed by atoms with Gasteiger partial charge in [0.05, 0.1) is 12.6 Å². The van der Waals surface area contributed by atoms with Gasteiger partial charge in [-0.3, -0.25) is 9.59 Å². The summed E-state index contributed by atoms with van der Waals surface area (Å²) >= 11 is 0. The Hall–Kier alpha value is -1.80. The number of rotatable bonds is 7. The summed E-state index contributed by atoms with van der Waals surface area (Å²) in [6, 6.07) is 5.46. The van der Waals surface area contributed by atoms with E-state index < -0.39 is 30.5 Å². The van der Waals surface area contributed by atoms with Gasteiger partial charge in [0.25, 0.3) is 0 Å². The Balaban J connectivity index is 0.00000576. The predicted octanol–water partition coefficient (Wildman–Crippen LogP) is 2.64. The van der Waals surface area contributed by atoms with Gasteiger partial charge in [0.2, 0.25) is 11.8 Å². The lowest BCUT2D eigenvalue weighted by Crippen LogP contribution is -2.46. The molecular weight excluding hydrogens is 359 g/mol. The van der Waals surface area contributed by atoms with Crippen molar-refractivity contribution in [3.63, 3.8) is 0 Å². The highest BCUT2D eigenvalue weighted by Gasteiger charge is 2.26. The van der Waals surface area contributed by atoms with Gasteiger partial charge in [-0.25, -0.2) is 0 Å². The van der Waals surface area contributed by atoms with Crippen molar-refractivity contribution in [3.8, 4) is 0 Å². The lowest BCUT2D eigenvalue weighted by molar-refractivity contribution is -0.134. The molecule has 2 amide bonds. The second-order valence-electron chi connectivity index (χ2n) is 5.85. The first-order valence-corrected chi connectivity index (χ1v) is 7.57. The van der Waals surface area contributed by atoms with Gasteiger partial charge in [-0.2, -0.15) is 13.2 Å². The van der Waals surface area contributed by atoms with Crippen molar-refractivity contribution in [2.45, 2.75) is 38.9 Å². The zero-order valence-corrected chi connectivity index (χ0v) is 14.8. The molecule has 0 heterocycles. The number of aryl methyl sites for hydroxylation is 1. The lowest BCUT2D eigenvalue weighted by atomic mass is 10.1. The van der Waals surface area contributed by atoms with Crippen LogP contribution < -0.4 is 16.4 Å². The molecule has 1 atom stereocenters. The van der Waals surface area contributed by atoms with Crippen LogP contribution in [0.4, 0.5) is 18.9 Å². The Bertz CT molecular complexity index is 580. The van der Waals surface area contributed by atoms with Crippen molar-refractivity contribution in [1.29, 1.82) is 0 Å². The first-order chi connectivity index (χ1) is 11.1. The molecule has 0 bridgehead atoms. The van der Waals surface area contributed by atoms with Gasteiger partial charge in [-0.1, -0.05) is 26.0 Å². The summed E-state index contributed by atoms with van der Waals surface area (Å²) in [7, 11) is 0. The van der Waals surface area contributed by atoms with Gasteiger partial charge in [-0.05, 0) is 30.0 Å². The second-order valence-corrected chi connectivity index (χ2v) is 5.85. The molecular formula is C16H23ClF3N3O2. The maximum atomic E-state index is 12.2. The molecule has 1 rings (SSSR count). The summed E-state index contributed by atoms with van der Waals surface area (Å²) in [5.74, 6) is -0.968. The number of benzene rings is 1. The van der Waals surface area contributed by atoms with E-state index in [2.05, 4.69) is 10.6 Å². The van der Waals surface area contributed by atoms with Crippen molar-refractivity contribution >= 4 is 29.9 Å². The van der Waals surface area contributed by atoms with Crippen LogP contribution in [0.5, 0.6) is 0 Å². The quantitative estimate of drug-likeness (QED) is 0.678. The maximum Gasteiger partial charge on any atom is 0.389 e. The fourth-order valence-corrected chi connectivity index (χ4v) is 1.88. The number of halogens is 4. The van der Waals surface area contributed by atoms with E-state index in [4.69, 9.17) is 5.73 Å². The van der Waals surface area contributed by atoms with Crippen LogP contribution in [0.1, 0.15) is 25.8 Å². The summed E-state index contributed by atoms with van der Waals surface area (Å²) in [5.41, 5.74) is 6.50. The Morgan fingerprint density at radius 2 is 1.88 bits per heavy atom. The summed E-state index contributed by atoms with van der Waals surface area (Å²) in [4.78, 5) is 23.4. The smallest absolute Gasteiger partial charge is 0.346 e. The molecule has 0 spiro atoms. The molecule has 0 aromatic heterocycles. The molecule has 0 aliphatic heterocycles. The summed E-state index contributed by atoms with van der Waals surface area (Å²) < 4.78 is 36.7. The van der Waals surface area contributed by atoms with Crippen LogP contribution in [0.2, 0.25) is 0 Å². The van der Waals surface area contributed by atoms with Crippen molar-refractivity contribution < 1.29 is 22.8 Å². The number of hydrogen-bond donors (Lipinski definition) is 3. The molecule has 0 saturated heterocycles. The molecule has 0 unspecified atom stereocenters. The average Bonchev–Trinajstić information content (AvgIpc) is 2.49. The fourth-order valence-electron chi connectivity index (χ4n) is 1.88. The Labute approximate surface area is 150 Å².